The van der Waals surface area contributed by atoms with Crippen LogP contribution in [0.15, 0.2) is 84.9 Å². The first-order valence-electron chi connectivity index (χ1n) is 8.78. The summed E-state index contributed by atoms with van der Waals surface area (Å²) in [6, 6.07) is 27.3. The average molecular weight is 345 g/mol. The number of ketones is 1. The second-order valence-electron chi connectivity index (χ2n) is 6.35. The van der Waals surface area contributed by atoms with Gasteiger partial charge in [0.15, 0.2) is 5.78 Å². The molecule has 0 unspecified atom stereocenters. The van der Waals surface area contributed by atoms with Crippen LogP contribution in [0.4, 0.5) is 0 Å². The third-order valence-corrected chi connectivity index (χ3v) is 4.24. The van der Waals surface area contributed by atoms with Crippen LogP contribution >= 0.6 is 0 Å². The van der Waals surface area contributed by atoms with Crippen molar-refractivity contribution in [1.82, 2.24) is 5.48 Å². The lowest BCUT2D eigenvalue weighted by Gasteiger charge is -2.19. The highest BCUT2D eigenvalue weighted by molar-refractivity contribution is 5.96. The van der Waals surface area contributed by atoms with Crippen molar-refractivity contribution in [3.05, 3.63) is 107 Å². The fraction of sp³-hybridized carbons (Fsp3) is 0.174. The Hall–Kier alpha value is -2.75. The number of carbonyl (C=O) groups is 1. The summed E-state index contributed by atoms with van der Waals surface area (Å²) in [6.07, 6.45) is 0.336. The van der Waals surface area contributed by atoms with E-state index in [1.165, 1.54) is 0 Å². The second-order valence-corrected chi connectivity index (χ2v) is 6.35. The lowest BCUT2D eigenvalue weighted by molar-refractivity contribution is 0.00175. The zero-order valence-corrected chi connectivity index (χ0v) is 14.9. The molecule has 0 bridgehead atoms. The molecule has 3 aromatic carbocycles. The fourth-order valence-corrected chi connectivity index (χ4v) is 2.84. The Morgan fingerprint density at radius 1 is 0.923 bits per heavy atom. The second kappa shape index (κ2) is 9.09. The third kappa shape index (κ3) is 5.12. The molecule has 0 amide bonds. The van der Waals surface area contributed by atoms with Crippen molar-refractivity contribution in [2.75, 3.05) is 0 Å². The summed E-state index contributed by atoms with van der Waals surface area (Å²) in [5.74, 6) is 0.0907. The van der Waals surface area contributed by atoms with Crippen molar-refractivity contribution in [2.45, 2.75) is 26.0 Å². The highest BCUT2D eigenvalue weighted by Crippen LogP contribution is 2.21. The molecule has 0 saturated carbocycles. The molecular formula is C23H23NO2. The standard InChI is InChI=1S/C23H23NO2/c1-18-9-8-14-21(15-18)22(16-23(25)20-12-6-3-7-13-20)24-26-17-19-10-4-2-5-11-19/h2-15,22,24H,16-17H2,1H3/t22-/m1/s1. The molecule has 0 aliphatic carbocycles. The van der Waals surface area contributed by atoms with Gasteiger partial charge in [-0.25, -0.2) is 0 Å². The Morgan fingerprint density at radius 2 is 1.62 bits per heavy atom. The van der Waals surface area contributed by atoms with Gasteiger partial charge in [-0.05, 0) is 18.1 Å². The van der Waals surface area contributed by atoms with Gasteiger partial charge < -0.3 is 0 Å². The van der Waals surface area contributed by atoms with E-state index in [1.54, 1.807) is 0 Å². The van der Waals surface area contributed by atoms with Gasteiger partial charge in [0.2, 0.25) is 0 Å². The van der Waals surface area contributed by atoms with Crippen molar-refractivity contribution in [2.24, 2.45) is 0 Å². The minimum atomic E-state index is -0.202. The predicted molar refractivity (Wildman–Crippen MR) is 104 cm³/mol. The summed E-state index contributed by atoms with van der Waals surface area (Å²) in [4.78, 5) is 18.4. The van der Waals surface area contributed by atoms with E-state index in [-0.39, 0.29) is 11.8 Å². The number of aryl methyl sites for hydroxylation is 1. The largest absolute Gasteiger partial charge is 0.296 e. The Kier molecular flexibility index (Phi) is 6.31. The number of hydroxylamine groups is 1. The maximum absolute atomic E-state index is 12.7. The molecule has 1 atom stereocenters. The van der Waals surface area contributed by atoms with Crippen molar-refractivity contribution < 1.29 is 9.63 Å². The van der Waals surface area contributed by atoms with Crippen molar-refractivity contribution in [3.63, 3.8) is 0 Å². The van der Waals surface area contributed by atoms with Gasteiger partial charge in [-0.2, -0.15) is 5.48 Å². The van der Waals surface area contributed by atoms with Gasteiger partial charge in [0.25, 0.3) is 0 Å². The van der Waals surface area contributed by atoms with Crippen molar-refractivity contribution in [3.8, 4) is 0 Å². The number of nitrogens with one attached hydrogen (secondary N) is 1. The van der Waals surface area contributed by atoms with Crippen LogP contribution in [-0.4, -0.2) is 5.78 Å². The van der Waals surface area contributed by atoms with Gasteiger partial charge >= 0.3 is 0 Å². The third-order valence-electron chi connectivity index (χ3n) is 4.24. The van der Waals surface area contributed by atoms with E-state index in [0.717, 1.165) is 22.3 Å². The Morgan fingerprint density at radius 3 is 2.31 bits per heavy atom. The van der Waals surface area contributed by atoms with Gasteiger partial charge in [-0.3, -0.25) is 9.63 Å². The first-order valence-corrected chi connectivity index (χ1v) is 8.78. The highest BCUT2D eigenvalue weighted by Gasteiger charge is 2.17. The van der Waals surface area contributed by atoms with Gasteiger partial charge in [-0.1, -0.05) is 90.5 Å². The molecule has 3 rings (SSSR count). The Balaban J connectivity index is 1.70. The van der Waals surface area contributed by atoms with Crippen LogP contribution in [0.3, 0.4) is 0 Å². The molecule has 0 spiro atoms. The monoisotopic (exact) mass is 345 g/mol. The molecule has 1 N–H and O–H groups in total. The summed E-state index contributed by atoms with van der Waals surface area (Å²) in [5.41, 5.74) is 7.09. The fourth-order valence-electron chi connectivity index (χ4n) is 2.84. The van der Waals surface area contributed by atoms with Gasteiger partial charge in [-0.15, -0.1) is 0 Å². The van der Waals surface area contributed by atoms with Crippen LogP contribution in [0.2, 0.25) is 0 Å². The van der Waals surface area contributed by atoms with E-state index in [1.807, 2.05) is 85.8 Å². The minimum Gasteiger partial charge on any atom is -0.296 e. The molecule has 0 aliphatic rings. The first kappa shape index (κ1) is 18.1. The van der Waals surface area contributed by atoms with Gasteiger partial charge in [0.05, 0.1) is 12.6 Å². The SMILES string of the molecule is Cc1cccc([C@@H](CC(=O)c2ccccc2)NOCc2ccccc2)c1. The number of carbonyl (C=O) groups excluding carboxylic acids is 1. The van der Waals surface area contributed by atoms with Crippen LogP contribution in [0.25, 0.3) is 0 Å². The average Bonchev–Trinajstić information content (AvgIpc) is 2.68. The van der Waals surface area contributed by atoms with Crippen LogP contribution in [0, 0.1) is 6.92 Å². The number of hydrogen-bond acceptors (Lipinski definition) is 3. The summed E-state index contributed by atoms with van der Waals surface area (Å²) < 4.78 is 0. The minimum absolute atomic E-state index is 0.0907. The lowest BCUT2D eigenvalue weighted by atomic mass is 9.97. The lowest BCUT2D eigenvalue weighted by Crippen LogP contribution is -2.24. The quantitative estimate of drug-likeness (QED) is 0.460. The summed E-state index contributed by atoms with van der Waals surface area (Å²) in [7, 11) is 0. The molecule has 0 heterocycles. The number of Topliss-reactive ketones (excluding diaryl/α,β-unsaturated/α-hetero) is 1. The van der Waals surface area contributed by atoms with E-state index < -0.39 is 0 Å². The maximum atomic E-state index is 12.7. The molecule has 0 fully saturated rings. The number of rotatable bonds is 8. The zero-order valence-electron chi connectivity index (χ0n) is 14.9. The summed E-state index contributed by atoms with van der Waals surface area (Å²) in [6.45, 7) is 2.49. The van der Waals surface area contributed by atoms with E-state index in [4.69, 9.17) is 4.84 Å². The number of hydrogen-bond donors (Lipinski definition) is 1. The van der Waals surface area contributed by atoms with Crippen LogP contribution in [0.1, 0.15) is 39.5 Å². The summed E-state index contributed by atoms with van der Waals surface area (Å²) >= 11 is 0. The molecule has 26 heavy (non-hydrogen) atoms. The molecular weight excluding hydrogens is 322 g/mol. The topological polar surface area (TPSA) is 38.3 Å². The molecule has 3 nitrogen and oxygen atoms in total. The normalized spacial score (nSPS) is 11.9. The first-order chi connectivity index (χ1) is 12.7. The molecule has 132 valence electrons. The smallest absolute Gasteiger partial charge is 0.164 e. The van der Waals surface area contributed by atoms with Gasteiger partial charge in [0.1, 0.15) is 0 Å². The highest BCUT2D eigenvalue weighted by atomic mass is 16.6. The number of benzene rings is 3. The zero-order chi connectivity index (χ0) is 18.2. The van der Waals surface area contributed by atoms with Gasteiger partial charge in [0, 0.05) is 12.0 Å². The van der Waals surface area contributed by atoms with E-state index in [9.17, 15) is 4.79 Å². The van der Waals surface area contributed by atoms with Crippen molar-refractivity contribution in [1.29, 1.82) is 0 Å². The van der Waals surface area contributed by atoms with E-state index >= 15 is 0 Å². The molecule has 3 aromatic rings. The molecule has 0 saturated heterocycles. The van der Waals surface area contributed by atoms with Crippen LogP contribution in [-0.2, 0) is 11.4 Å². The molecule has 0 radical (unpaired) electrons. The van der Waals surface area contributed by atoms with E-state index in [2.05, 4.69) is 11.5 Å². The predicted octanol–water partition coefficient (Wildman–Crippen LogP) is 5.03. The van der Waals surface area contributed by atoms with E-state index in [0.29, 0.717) is 13.0 Å². The van der Waals surface area contributed by atoms with Crippen molar-refractivity contribution >= 4 is 5.78 Å². The Labute approximate surface area is 154 Å². The van der Waals surface area contributed by atoms with Crippen LogP contribution < -0.4 is 5.48 Å². The molecule has 0 aliphatic heterocycles. The summed E-state index contributed by atoms with van der Waals surface area (Å²) in [5, 5.41) is 0. The Bertz CT molecular complexity index is 831. The molecule has 0 aromatic heterocycles. The molecule has 3 heteroatoms. The van der Waals surface area contributed by atoms with Crippen LogP contribution in [0.5, 0.6) is 0 Å². The maximum Gasteiger partial charge on any atom is 0.164 e.